The molecule has 1 amide bonds. The van der Waals surface area contributed by atoms with E-state index in [1.54, 1.807) is 13.8 Å². The molecule has 4 rings (SSSR count). The van der Waals surface area contributed by atoms with E-state index >= 15 is 0 Å². The molecule has 3 aromatic heterocycles. The van der Waals surface area contributed by atoms with E-state index < -0.39 is 0 Å². The van der Waals surface area contributed by atoms with Gasteiger partial charge in [0.05, 0.1) is 11.4 Å². The predicted octanol–water partition coefficient (Wildman–Crippen LogP) is 3.53. The van der Waals surface area contributed by atoms with Crippen LogP contribution >= 0.6 is 11.3 Å². The minimum Gasteiger partial charge on any atom is -0.361 e. The number of amides is 1. The summed E-state index contributed by atoms with van der Waals surface area (Å²) in [5.74, 6) is 1.84. The standard InChI is InChI=1S/C15H14N4O3S/c1-7-11(8(2)21-18-7)14(20)16-10-5-6-23-12(10)15-17-13(19-22-15)9-3-4-9/h5-6,9H,3-4H2,1-2H3,(H,16,20). The number of carbonyl (C=O) groups is 1. The zero-order valence-corrected chi connectivity index (χ0v) is 13.4. The van der Waals surface area contributed by atoms with Gasteiger partial charge in [-0.25, -0.2) is 0 Å². The first-order valence-electron chi connectivity index (χ1n) is 7.29. The number of aromatic nitrogens is 3. The average Bonchev–Trinajstić information content (AvgIpc) is 2.93. The first-order valence-corrected chi connectivity index (χ1v) is 8.17. The largest absolute Gasteiger partial charge is 0.361 e. The summed E-state index contributed by atoms with van der Waals surface area (Å²) in [6.45, 7) is 3.45. The van der Waals surface area contributed by atoms with Gasteiger partial charge in [0.1, 0.15) is 16.2 Å². The molecule has 8 heteroatoms. The Kier molecular flexibility index (Phi) is 3.26. The minimum atomic E-state index is -0.261. The van der Waals surface area contributed by atoms with Crippen LogP contribution in [0.3, 0.4) is 0 Å². The van der Waals surface area contributed by atoms with Crippen LogP contribution in [0.5, 0.6) is 0 Å². The lowest BCUT2D eigenvalue weighted by atomic mass is 10.2. The van der Waals surface area contributed by atoms with Gasteiger partial charge in [0.2, 0.25) is 0 Å². The highest BCUT2D eigenvalue weighted by molar-refractivity contribution is 7.14. The number of carbonyl (C=O) groups excluding carboxylic acids is 1. The SMILES string of the molecule is Cc1noc(C)c1C(=O)Nc1ccsc1-c1nc(C2CC2)no1. The number of nitrogens with zero attached hydrogens (tertiary/aromatic N) is 3. The maximum absolute atomic E-state index is 12.4. The maximum Gasteiger partial charge on any atom is 0.270 e. The van der Waals surface area contributed by atoms with Crippen molar-refractivity contribution < 1.29 is 13.8 Å². The van der Waals surface area contributed by atoms with Crippen LogP contribution in [0, 0.1) is 13.8 Å². The summed E-state index contributed by atoms with van der Waals surface area (Å²) in [7, 11) is 0. The zero-order valence-electron chi connectivity index (χ0n) is 12.6. The quantitative estimate of drug-likeness (QED) is 0.786. The molecule has 0 saturated heterocycles. The summed E-state index contributed by atoms with van der Waals surface area (Å²) in [4.78, 5) is 17.6. The molecule has 1 aliphatic carbocycles. The second-order valence-corrected chi connectivity index (χ2v) is 6.46. The molecule has 1 aliphatic rings. The summed E-state index contributed by atoms with van der Waals surface area (Å²) in [5.41, 5.74) is 1.66. The number of aryl methyl sites for hydroxylation is 2. The molecule has 1 fully saturated rings. The zero-order chi connectivity index (χ0) is 16.0. The van der Waals surface area contributed by atoms with Crippen molar-refractivity contribution in [2.75, 3.05) is 5.32 Å². The van der Waals surface area contributed by atoms with Crippen LogP contribution in [-0.2, 0) is 0 Å². The summed E-state index contributed by atoms with van der Waals surface area (Å²) >= 11 is 1.45. The Bertz CT molecular complexity index is 856. The van der Waals surface area contributed by atoms with Crippen LogP contribution in [0.25, 0.3) is 10.8 Å². The monoisotopic (exact) mass is 330 g/mol. The van der Waals surface area contributed by atoms with Crippen molar-refractivity contribution in [2.45, 2.75) is 32.6 Å². The summed E-state index contributed by atoms with van der Waals surface area (Å²) < 4.78 is 10.4. The molecule has 0 spiro atoms. The molecule has 3 aromatic rings. The molecular formula is C15H14N4O3S. The first-order chi connectivity index (χ1) is 11.1. The number of thiophene rings is 1. The second kappa shape index (κ2) is 5.31. The number of nitrogens with one attached hydrogen (secondary N) is 1. The van der Waals surface area contributed by atoms with Gasteiger partial charge in [-0.2, -0.15) is 4.98 Å². The van der Waals surface area contributed by atoms with E-state index in [1.165, 1.54) is 11.3 Å². The minimum absolute atomic E-state index is 0.261. The highest BCUT2D eigenvalue weighted by Gasteiger charge is 2.29. The smallest absolute Gasteiger partial charge is 0.270 e. The highest BCUT2D eigenvalue weighted by Crippen LogP contribution is 2.40. The molecule has 7 nitrogen and oxygen atoms in total. The van der Waals surface area contributed by atoms with Gasteiger partial charge >= 0.3 is 0 Å². The van der Waals surface area contributed by atoms with E-state index in [0.717, 1.165) is 23.5 Å². The molecular weight excluding hydrogens is 316 g/mol. The van der Waals surface area contributed by atoms with Crippen molar-refractivity contribution in [3.63, 3.8) is 0 Å². The second-order valence-electron chi connectivity index (χ2n) is 5.55. The van der Waals surface area contributed by atoms with Crippen LogP contribution in [0.1, 0.15) is 46.4 Å². The lowest BCUT2D eigenvalue weighted by Crippen LogP contribution is -2.13. The predicted molar refractivity (Wildman–Crippen MR) is 83.5 cm³/mol. The molecule has 0 aliphatic heterocycles. The van der Waals surface area contributed by atoms with Crippen LogP contribution < -0.4 is 5.32 Å². The van der Waals surface area contributed by atoms with Gasteiger partial charge in [0, 0.05) is 5.92 Å². The van der Waals surface area contributed by atoms with Gasteiger partial charge < -0.3 is 14.4 Å². The Labute approximate surface area is 135 Å². The fourth-order valence-corrected chi connectivity index (χ4v) is 3.17. The molecule has 0 bridgehead atoms. The summed E-state index contributed by atoms with van der Waals surface area (Å²) in [6.07, 6.45) is 2.22. The summed E-state index contributed by atoms with van der Waals surface area (Å²) in [5, 5.41) is 12.6. The third-order valence-electron chi connectivity index (χ3n) is 3.75. The Morgan fingerprint density at radius 2 is 2.13 bits per heavy atom. The van der Waals surface area contributed by atoms with E-state index in [0.29, 0.717) is 34.5 Å². The number of hydrogen-bond acceptors (Lipinski definition) is 7. The Balaban J connectivity index is 1.60. The van der Waals surface area contributed by atoms with Crippen molar-refractivity contribution in [1.29, 1.82) is 0 Å². The number of anilines is 1. The van der Waals surface area contributed by atoms with E-state index in [1.807, 2.05) is 11.4 Å². The molecule has 118 valence electrons. The molecule has 1 N–H and O–H groups in total. The van der Waals surface area contributed by atoms with E-state index in [2.05, 4.69) is 20.6 Å². The Morgan fingerprint density at radius 3 is 2.83 bits per heavy atom. The molecule has 0 radical (unpaired) electrons. The fourth-order valence-electron chi connectivity index (χ4n) is 2.40. The van der Waals surface area contributed by atoms with E-state index in [9.17, 15) is 4.79 Å². The number of rotatable bonds is 4. The molecule has 3 heterocycles. The molecule has 0 atom stereocenters. The normalized spacial score (nSPS) is 14.2. The van der Waals surface area contributed by atoms with Crippen molar-refractivity contribution in [3.05, 3.63) is 34.3 Å². The molecule has 0 unspecified atom stereocenters. The van der Waals surface area contributed by atoms with Crippen molar-refractivity contribution >= 4 is 22.9 Å². The van der Waals surface area contributed by atoms with Crippen LogP contribution in [0.2, 0.25) is 0 Å². The molecule has 1 saturated carbocycles. The lowest BCUT2D eigenvalue weighted by molar-refractivity contribution is 0.102. The van der Waals surface area contributed by atoms with Crippen molar-refractivity contribution in [3.8, 4) is 10.8 Å². The van der Waals surface area contributed by atoms with Gasteiger partial charge in [-0.1, -0.05) is 10.3 Å². The van der Waals surface area contributed by atoms with Gasteiger partial charge in [-0.15, -0.1) is 11.3 Å². The van der Waals surface area contributed by atoms with Gasteiger partial charge in [0.15, 0.2) is 5.82 Å². The lowest BCUT2D eigenvalue weighted by Gasteiger charge is -2.03. The van der Waals surface area contributed by atoms with Crippen molar-refractivity contribution in [2.24, 2.45) is 0 Å². The third-order valence-corrected chi connectivity index (χ3v) is 4.65. The Hall–Kier alpha value is -2.48. The third kappa shape index (κ3) is 2.55. The maximum atomic E-state index is 12.4. The van der Waals surface area contributed by atoms with Gasteiger partial charge in [0.25, 0.3) is 11.8 Å². The van der Waals surface area contributed by atoms with Crippen LogP contribution in [0.4, 0.5) is 5.69 Å². The average molecular weight is 330 g/mol. The first kappa shape index (κ1) is 14.1. The van der Waals surface area contributed by atoms with Gasteiger partial charge in [-0.3, -0.25) is 4.79 Å². The molecule has 23 heavy (non-hydrogen) atoms. The number of hydrogen-bond donors (Lipinski definition) is 1. The van der Waals surface area contributed by atoms with Crippen LogP contribution in [-0.4, -0.2) is 21.2 Å². The van der Waals surface area contributed by atoms with E-state index in [4.69, 9.17) is 9.05 Å². The van der Waals surface area contributed by atoms with E-state index in [-0.39, 0.29) is 5.91 Å². The highest BCUT2D eigenvalue weighted by atomic mass is 32.1. The topological polar surface area (TPSA) is 94.1 Å². The molecule has 0 aromatic carbocycles. The Morgan fingerprint density at radius 1 is 1.30 bits per heavy atom. The van der Waals surface area contributed by atoms with Crippen molar-refractivity contribution in [1.82, 2.24) is 15.3 Å². The fraction of sp³-hybridized carbons (Fsp3) is 0.333. The van der Waals surface area contributed by atoms with Crippen LogP contribution in [0.15, 0.2) is 20.5 Å². The summed E-state index contributed by atoms with van der Waals surface area (Å²) in [6, 6.07) is 1.82. The van der Waals surface area contributed by atoms with Gasteiger partial charge in [-0.05, 0) is 38.1 Å².